The van der Waals surface area contributed by atoms with Crippen LogP contribution in [-0.4, -0.2) is 33.7 Å². The highest BCUT2D eigenvalue weighted by Gasteiger charge is 2.19. The average Bonchev–Trinajstić information content (AvgIpc) is 2.48. The Morgan fingerprint density at radius 1 is 1.17 bits per heavy atom. The van der Waals surface area contributed by atoms with Crippen LogP contribution in [-0.2, 0) is 10.0 Å². The van der Waals surface area contributed by atoms with Crippen molar-refractivity contribution in [3.8, 4) is 0 Å². The van der Waals surface area contributed by atoms with Gasteiger partial charge in [-0.25, -0.2) is 8.42 Å². The van der Waals surface area contributed by atoms with E-state index in [1.54, 1.807) is 12.1 Å². The molecule has 1 saturated carbocycles. The minimum Gasteiger partial charge on any atom is -0.349 e. The first kappa shape index (κ1) is 19.1. The highest BCUT2D eigenvalue weighted by atomic mass is 35.5. The monoisotopic (exact) mass is 372 g/mol. The van der Waals surface area contributed by atoms with Crippen LogP contribution in [0.25, 0.3) is 0 Å². The zero-order chi connectivity index (χ0) is 17.7. The number of amides is 1. The predicted octanol–water partition coefficient (Wildman–Crippen LogP) is 3.58. The highest BCUT2D eigenvalue weighted by Crippen LogP contribution is 2.28. The van der Waals surface area contributed by atoms with Gasteiger partial charge in [0.15, 0.2) is 0 Å². The molecule has 2 rings (SSSR count). The van der Waals surface area contributed by atoms with Gasteiger partial charge in [0.2, 0.25) is 10.0 Å². The maximum atomic E-state index is 12.5. The van der Waals surface area contributed by atoms with E-state index in [0.29, 0.717) is 16.3 Å². The van der Waals surface area contributed by atoms with Crippen molar-refractivity contribution in [3.05, 3.63) is 28.8 Å². The number of nitrogens with one attached hydrogen (secondary N) is 1. The van der Waals surface area contributed by atoms with E-state index >= 15 is 0 Å². The summed E-state index contributed by atoms with van der Waals surface area (Å²) in [6, 6.07) is 4.90. The van der Waals surface area contributed by atoms with E-state index in [9.17, 15) is 13.2 Å². The predicted molar refractivity (Wildman–Crippen MR) is 98.3 cm³/mol. The van der Waals surface area contributed by atoms with Crippen molar-refractivity contribution < 1.29 is 13.2 Å². The number of anilines is 1. The van der Waals surface area contributed by atoms with Gasteiger partial charge in [0.1, 0.15) is 0 Å². The molecule has 1 aromatic carbocycles. The summed E-state index contributed by atoms with van der Waals surface area (Å²) in [5, 5.41) is 3.37. The molecule has 24 heavy (non-hydrogen) atoms. The summed E-state index contributed by atoms with van der Waals surface area (Å²) in [6.45, 7) is 0. The molecule has 5 nitrogen and oxygen atoms in total. The van der Waals surface area contributed by atoms with Gasteiger partial charge in [-0.2, -0.15) is 0 Å². The molecular weight excluding hydrogens is 348 g/mol. The van der Waals surface area contributed by atoms with Gasteiger partial charge >= 0.3 is 0 Å². The number of benzene rings is 1. The van der Waals surface area contributed by atoms with E-state index in [1.165, 1.54) is 32.4 Å². The number of nitrogens with zero attached hydrogens (tertiary/aromatic N) is 1. The molecule has 0 unspecified atom stereocenters. The molecule has 0 atom stereocenters. The lowest BCUT2D eigenvalue weighted by Crippen LogP contribution is -2.35. The Morgan fingerprint density at radius 2 is 1.75 bits per heavy atom. The molecule has 1 N–H and O–H groups in total. The fourth-order valence-corrected chi connectivity index (χ4v) is 3.75. The number of rotatable bonds is 4. The van der Waals surface area contributed by atoms with Crippen molar-refractivity contribution in [1.82, 2.24) is 5.32 Å². The maximum absolute atomic E-state index is 12.5. The SMILES string of the molecule is CN(c1cc(C(=O)NC2CCCCCCC2)ccc1Cl)S(C)(=O)=O. The number of hydrogen-bond donors (Lipinski definition) is 1. The lowest BCUT2D eigenvalue weighted by atomic mass is 9.96. The fourth-order valence-electron chi connectivity index (χ4n) is 2.94. The topological polar surface area (TPSA) is 66.5 Å². The second-order valence-electron chi connectivity index (χ2n) is 6.41. The smallest absolute Gasteiger partial charge is 0.251 e. The molecule has 0 heterocycles. The zero-order valence-corrected chi connectivity index (χ0v) is 15.8. The molecular formula is C17H25ClN2O3S. The molecule has 0 bridgehead atoms. The third kappa shape index (κ3) is 5.11. The lowest BCUT2D eigenvalue weighted by Gasteiger charge is -2.22. The Labute approximate surface area is 149 Å². The first-order chi connectivity index (χ1) is 11.3. The summed E-state index contributed by atoms with van der Waals surface area (Å²) in [6.07, 6.45) is 9.07. The Bertz CT molecular complexity index is 683. The number of sulfonamides is 1. The Hall–Kier alpha value is -1.27. The Balaban J connectivity index is 2.14. The average molecular weight is 373 g/mol. The van der Waals surface area contributed by atoms with Gasteiger partial charge in [0.25, 0.3) is 5.91 Å². The summed E-state index contributed by atoms with van der Waals surface area (Å²) >= 11 is 6.10. The van der Waals surface area contributed by atoms with Gasteiger partial charge in [0, 0.05) is 18.7 Å². The first-order valence-electron chi connectivity index (χ1n) is 8.33. The normalized spacial score (nSPS) is 17.0. The summed E-state index contributed by atoms with van der Waals surface area (Å²) in [7, 11) is -2.02. The van der Waals surface area contributed by atoms with Gasteiger partial charge in [-0.1, -0.05) is 43.7 Å². The van der Waals surface area contributed by atoms with Crippen LogP contribution in [0, 0.1) is 0 Å². The third-order valence-corrected chi connectivity index (χ3v) is 6.00. The van der Waals surface area contributed by atoms with Crippen LogP contribution in [0.5, 0.6) is 0 Å². The molecule has 0 saturated heterocycles. The van der Waals surface area contributed by atoms with E-state index < -0.39 is 10.0 Å². The van der Waals surface area contributed by atoms with E-state index in [4.69, 9.17) is 11.6 Å². The van der Waals surface area contributed by atoms with Crippen LogP contribution in [0.2, 0.25) is 5.02 Å². The van der Waals surface area contributed by atoms with Crippen LogP contribution in [0.4, 0.5) is 5.69 Å². The number of carbonyl (C=O) groups is 1. The van der Waals surface area contributed by atoms with Crippen LogP contribution in [0.15, 0.2) is 18.2 Å². The maximum Gasteiger partial charge on any atom is 0.251 e. The molecule has 134 valence electrons. The third-order valence-electron chi connectivity index (χ3n) is 4.49. The number of halogens is 1. The van der Waals surface area contributed by atoms with Gasteiger partial charge in [-0.3, -0.25) is 9.10 Å². The van der Waals surface area contributed by atoms with Crippen molar-refractivity contribution in [3.63, 3.8) is 0 Å². The highest BCUT2D eigenvalue weighted by molar-refractivity contribution is 7.92. The molecule has 1 aromatic rings. The summed E-state index contributed by atoms with van der Waals surface area (Å²) in [5.41, 5.74) is 0.733. The van der Waals surface area contributed by atoms with Crippen molar-refractivity contribution in [1.29, 1.82) is 0 Å². The van der Waals surface area contributed by atoms with E-state index in [1.807, 2.05) is 0 Å². The van der Waals surface area contributed by atoms with Crippen molar-refractivity contribution in [2.24, 2.45) is 0 Å². The van der Waals surface area contributed by atoms with Gasteiger partial charge in [-0.15, -0.1) is 0 Å². The Kier molecular flexibility index (Phi) is 6.52. The zero-order valence-electron chi connectivity index (χ0n) is 14.2. The second-order valence-corrected chi connectivity index (χ2v) is 8.83. The fraction of sp³-hybridized carbons (Fsp3) is 0.588. The summed E-state index contributed by atoms with van der Waals surface area (Å²) in [5.74, 6) is -0.180. The van der Waals surface area contributed by atoms with E-state index in [2.05, 4.69) is 5.32 Å². The number of carbonyl (C=O) groups excluding carboxylic acids is 1. The minimum absolute atomic E-state index is 0.180. The van der Waals surface area contributed by atoms with Gasteiger partial charge in [0.05, 0.1) is 17.0 Å². The molecule has 0 spiro atoms. The lowest BCUT2D eigenvalue weighted by molar-refractivity contribution is 0.0930. The van der Waals surface area contributed by atoms with Gasteiger partial charge < -0.3 is 5.32 Å². The number of hydrogen-bond acceptors (Lipinski definition) is 3. The van der Waals surface area contributed by atoms with Crippen molar-refractivity contribution in [2.45, 2.75) is 51.0 Å². The van der Waals surface area contributed by atoms with Crippen LogP contribution >= 0.6 is 11.6 Å². The first-order valence-corrected chi connectivity index (χ1v) is 10.6. The molecule has 1 amide bonds. The summed E-state index contributed by atoms with van der Waals surface area (Å²) < 4.78 is 24.5. The van der Waals surface area contributed by atoms with Crippen LogP contribution in [0.3, 0.4) is 0 Å². The molecule has 1 aliphatic rings. The quantitative estimate of drug-likeness (QED) is 0.878. The van der Waals surface area contributed by atoms with Crippen LogP contribution < -0.4 is 9.62 Å². The standard InChI is InChI=1S/C17H25ClN2O3S/c1-20(24(2,22)23)16-12-13(10-11-15(16)18)17(21)19-14-8-6-4-3-5-7-9-14/h10-12,14H,3-9H2,1-2H3,(H,19,21). The van der Waals surface area contributed by atoms with E-state index in [-0.39, 0.29) is 11.9 Å². The molecule has 0 radical (unpaired) electrons. The van der Waals surface area contributed by atoms with Crippen molar-refractivity contribution in [2.75, 3.05) is 17.6 Å². The second kappa shape index (κ2) is 8.21. The van der Waals surface area contributed by atoms with Crippen molar-refractivity contribution >= 4 is 33.2 Å². The summed E-state index contributed by atoms with van der Waals surface area (Å²) in [4.78, 5) is 12.5. The van der Waals surface area contributed by atoms with Gasteiger partial charge in [-0.05, 0) is 31.0 Å². The molecule has 0 aromatic heterocycles. The molecule has 1 fully saturated rings. The molecule has 1 aliphatic carbocycles. The minimum atomic E-state index is -3.44. The van der Waals surface area contributed by atoms with Crippen LogP contribution in [0.1, 0.15) is 55.3 Å². The van der Waals surface area contributed by atoms with E-state index in [0.717, 1.165) is 36.2 Å². The Morgan fingerprint density at radius 3 is 2.33 bits per heavy atom. The molecule has 7 heteroatoms. The molecule has 0 aliphatic heterocycles. The largest absolute Gasteiger partial charge is 0.349 e.